The molecule has 33 heavy (non-hydrogen) atoms. The number of fused-ring (bicyclic) bond motifs is 1. The Kier molecular flexibility index (Phi) is 6.62. The Morgan fingerprint density at radius 1 is 1.09 bits per heavy atom. The topological polar surface area (TPSA) is 75.7 Å². The van der Waals surface area contributed by atoms with Gasteiger partial charge in [-0.3, -0.25) is 9.10 Å². The van der Waals surface area contributed by atoms with Crippen LogP contribution >= 0.6 is 11.8 Å². The normalized spacial score (nSPS) is 15.4. The lowest BCUT2D eigenvalue weighted by Gasteiger charge is -2.26. The number of halogens is 1. The highest BCUT2D eigenvalue weighted by molar-refractivity contribution is 7.99. The SMILES string of the molecule is COc1ccccc1N(C)S(=O)(=O)c1ccc(C(=O)NC2CCSc3c(F)cccc32)cc1. The van der Waals surface area contributed by atoms with Gasteiger partial charge in [0.05, 0.1) is 23.7 Å². The molecule has 172 valence electrons. The van der Waals surface area contributed by atoms with Crippen LogP contribution in [-0.2, 0) is 10.0 Å². The van der Waals surface area contributed by atoms with E-state index in [9.17, 15) is 17.6 Å². The molecule has 1 aliphatic heterocycles. The van der Waals surface area contributed by atoms with Gasteiger partial charge in [-0.25, -0.2) is 12.8 Å². The number of amides is 1. The molecule has 3 aromatic rings. The minimum atomic E-state index is -3.86. The van der Waals surface area contributed by atoms with E-state index in [4.69, 9.17) is 4.74 Å². The van der Waals surface area contributed by atoms with Crippen molar-refractivity contribution in [3.05, 3.63) is 83.7 Å². The van der Waals surface area contributed by atoms with Gasteiger partial charge in [0, 0.05) is 23.3 Å². The molecule has 0 aliphatic carbocycles. The van der Waals surface area contributed by atoms with Crippen LogP contribution in [0, 0.1) is 5.82 Å². The molecule has 1 unspecified atom stereocenters. The van der Waals surface area contributed by atoms with Crippen molar-refractivity contribution in [1.82, 2.24) is 5.32 Å². The molecule has 6 nitrogen and oxygen atoms in total. The standard InChI is InChI=1S/C24H23FN2O4S2/c1-27(21-8-3-4-9-22(21)31-2)33(29,30)17-12-10-16(11-13-17)24(28)26-20-14-15-32-23-18(20)6-5-7-19(23)25/h3-13,20H,14-15H2,1-2H3,(H,26,28). The highest BCUT2D eigenvalue weighted by Crippen LogP contribution is 2.38. The zero-order chi connectivity index (χ0) is 23.6. The molecule has 1 amide bonds. The van der Waals surface area contributed by atoms with Crippen molar-refractivity contribution in [2.24, 2.45) is 0 Å². The lowest BCUT2D eigenvalue weighted by atomic mass is 10.0. The van der Waals surface area contributed by atoms with E-state index in [1.54, 1.807) is 30.3 Å². The number of methoxy groups -OCH3 is 1. The summed E-state index contributed by atoms with van der Waals surface area (Å²) in [5.41, 5.74) is 1.49. The average molecular weight is 487 g/mol. The van der Waals surface area contributed by atoms with Gasteiger partial charge >= 0.3 is 0 Å². The summed E-state index contributed by atoms with van der Waals surface area (Å²) >= 11 is 1.44. The minimum absolute atomic E-state index is 0.0499. The first-order valence-electron chi connectivity index (χ1n) is 10.3. The van der Waals surface area contributed by atoms with Crippen LogP contribution in [0.1, 0.15) is 28.4 Å². The van der Waals surface area contributed by atoms with Crippen LogP contribution < -0.4 is 14.4 Å². The number of benzene rings is 3. The molecular weight excluding hydrogens is 463 g/mol. The van der Waals surface area contributed by atoms with E-state index in [1.807, 2.05) is 6.07 Å². The predicted octanol–water partition coefficient (Wildman–Crippen LogP) is 4.63. The molecule has 0 radical (unpaired) electrons. The molecular formula is C24H23FN2O4S2. The molecule has 1 heterocycles. The van der Waals surface area contributed by atoms with E-state index in [0.717, 1.165) is 9.87 Å². The molecule has 1 atom stereocenters. The van der Waals surface area contributed by atoms with Gasteiger partial charge in [0.25, 0.3) is 15.9 Å². The van der Waals surface area contributed by atoms with Crippen LogP contribution in [0.15, 0.2) is 76.5 Å². The van der Waals surface area contributed by atoms with Crippen molar-refractivity contribution < 1.29 is 22.3 Å². The van der Waals surface area contributed by atoms with Crippen molar-refractivity contribution in [2.75, 3.05) is 24.2 Å². The quantitative estimate of drug-likeness (QED) is 0.550. The van der Waals surface area contributed by atoms with Gasteiger partial charge in [0.15, 0.2) is 0 Å². The van der Waals surface area contributed by atoms with Crippen molar-refractivity contribution in [1.29, 1.82) is 0 Å². The number of para-hydroxylation sites is 2. The molecule has 0 saturated carbocycles. The second kappa shape index (κ2) is 9.44. The monoisotopic (exact) mass is 486 g/mol. The Balaban J connectivity index is 1.53. The number of sulfonamides is 1. The van der Waals surface area contributed by atoms with Gasteiger partial charge < -0.3 is 10.1 Å². The number of hydrogen-bond donors (Lipinski definition) is 1. The molecule has 1 N–H and O–H groups in total. The smallest absolute Gasteiger partial charge is 0.264 e. The van der Waals surface area contributed by atoms with E-state index in [1.165, 1.54) is 56.3 Å². The van der Waals surface area contributed by atoms with Gasteiger partial charge in [-0.1, -0.05) is 24.3 Å². The fourth-order valence-electron chi connectivity index (χ4n) is 3.73. The Labute approximate surface area is 196 Å². The number of ether oxygens (including phenoxy) is 1. The fraction of sp³-hybridized carbons (Fsp3) is 0.208. The van der Waals surface area contributed by atoms with E-state index in [2.05, 4.69) is 5.32 Å². The Hall–Kier alpha value is -3.04. The molecule has 0 spiro atoms. The number of hydrogen-bond acceptors (Lipinski definition) is 5. The maximum Gasteiger partial charge on any atom is 0.264 e. The number of nitrogens with one attached hydrogen (secondary N) is 1. The molecule has 0 aromatic heterocycles. The third kappa shape index (κ3) is 4.56. The lowest BCUT2D eigenvalue weighted by Crippen LogP contribution is -2.31. The summed E-state index contributed by atoms with van der Waals surface area (Å²) in [5, 5.41) is 2.95. The lowest BCUT2D eigenvalue weighted by molar-refractivity contribution is 0.0934. The third-order valence-electron chi connectivity index (χ3n) is 5.53. The highest BCUT2D eigenvalue weighted by Gasteiger charge is 2.26. The zero-order valence-electron chi connectivity index (χ0n) is 18.1. The van der Waals surface area contributed by atoms with Gasteiger partial charge in [0.2, 0.25) is 0 Å². The fourth-order valence-corrected chi connectivity index (χ4v) is 6.08. The first-order valence-corrected chi connectivity index (χ1v) is 12.7. The third-order valence-corrected chi connectivity index (χ3v) is 8.48. The predicted molar refractivity (Wildman–Crippen MR) is 127 cm³/mol. The van der Waals surface area contributed by atoms with Crippen molar-refractivity contribution in [3.8, 4) is 5.75 Å². The number of carbonyl (C=O) groups is 1. The molecule has 9 heteroatoms. The van der Waals surface area contributed by atoms with E-state index < -0.39 is 10.0 Å². The summed E-state index contributed by atoms with van der Waals surface area (Å²) in [4.78, 5) is 13.4. The number of rotatable bonds is 6. The second-order valence-electron chi connectivity index (χ2n) is 7.49. The van der Waals surface area contributed by atoms with Crippen molar-refractivity contribution in [3.63, 3.8) is 0 Å². The minimum Gasteiger partial charge on any atom is -0.495 e. The first-order chi connectivity index (χ1) is 15.8. The van der Waals surface area contributed by atoms with Crippen LogP contribution in [-0.4, -0.2) is 34.2 Å². The van der Waals surface area contributed by atoms with E-state index >= 15 is 0 Å². The summed E-state index contributed by atoms with van der Waals surface area (Å²) in [6.07, 6.45) is 0.684. The van der Waals surface area contributed by atoms with Crippen LogP contribution in [0.2, 0.25) is 0 Å². The number of anilines is 1. The molecule has 0 saturated heterocycles. The molecule has 3 aromatic carbocycles. The van der Waals surface area contributed by atoms with E-state index in [-0.39, 0.29) is 22.7 Å². The Bertz CT molecular complexity index is 1280. The maximum absolute atomic E-state index is 14.1. The summed E-state index contributed by atoms with van der Waals surface area (Å²) in [6, 6.07) is 17.1. The Morgan fingerprint density at radius 3 is 2.55 bits per heavy atom. The largest absolute Gasteiger partial charge is 0.495 e. The Morgan fingerprint density at radius 2 is 1.82 bits per heavy atom. The van der Waals surface area contributed by atoms with Crippen LogP contribution in [0.3, 0.4) is 0 Å². The van der Waals surface area contributed by atoms with Crippen LogP contribution in [0.5, 0.6) is 5.75 Å². The number of nitrogens with zero attached hydrogens (tertiary/aromatic N) is 1. The van der Waals surface area contributed by atoms with Crippen molar-refractivity contribution >= 4 is 33.4 Å². The highest BCUT2D eigenvalue weighted by atomic mass is 32.2. The number of thioether (sulfide) groups is 1. The molecule has 1 aliphatic rings. The second-order valence-corrected chi connectivity index (χ2v) is 10.6. The number of carbonyl (C=O) groups excluding carboxylic acids is 1. The summed E-state index contributed by atoms with van der Waals surface area (Å²) < 4.78 is 46.7. The first kappa shape index (κ1) is 23.1. The van der Waals surface area contributed by atoms with Crippen LogP contribution in [0.4, 0.5) is 10.1 Å². The van der Waals surface area contributed by atoms with Gasteiger partial charge in [0.1, 0.15) is 11.6 Å². The summed E-state index contributed by atoms with van der Waals surface area (Å²) in [7, 11) is -0.935. The molecule has 0 fully saturated rings. The molecule has 0 bridgehead atoms. The molecule has 4 rings (SSSR count). The summed E-state index contributed by atoms with van der Waals surface area (Å²) in [5.74, 6) is 0.502. The zero-order valence-corrected chi connectivity index (χ0v) is 19.8. The van der Waals surface area contributed by atoms with Crippen LogP contribution in [0.25, 0.3) is 0 Å². The maximum atomic E-state index is 14.1. The van der Waals surface area contributed by atoms with Gasteiger partial charge in [-0.2, -0.15) is 0 Å². The van der Waals surface area contributed by atoms with Gasteiger partial charge in [-0.15, -0.1) is 11.8 Å². The average Bonchev–Trinajstić information content (AvgIpc) is 2.84. The van der Waals surface area contributed by atoms with Crippen molar-refractivity contribution in [2.45, 2.75) is 22.3 Å². The summed E-state index contributed by atoms with van der Waals surface area (Å²) in [6.45, 7) is 0. The van der Waals surface area contributed by atoms with Gasteiger partial charge in [-0.05, 0) is 54.4 Å². The van der Waals surface area contributed by atoms with E-state index in [0.29, 0.717) is 34.1 Å².